The Morgan fingerprint density at radius 3 is 3.10 bits per heavy atom. The van der Waals surface area contributed by atoms with Crippen molar-refractivity contribution in [3.63, 3.8) is 0 Å². The summed E-state index contributed by atoms with van der Waals surface area (Å²) < 4.78 is 5.43. The number of furan rings is 1. The third kappa shape index (κ3) is 4.87. The van der Waals surface area contributed by atoms with Crippen molar-refractivity contribution in [1.29, 1.82) is 0 Å². The molecule has 0 bridgehead atoms. The van der Waals surface area contributed by atoms with Crippen LogP contribution < -0.4 is 10.9 Å². The summed E-state index contributed by atoms with van der Waals surface area (Å²) in [7, 11) is 0. The minimum absolute atomic E-state index is 0.0166. The number of aromatic nitrogens is 2. The zero-order chi connectivity index (χ0) is 20.9. The van der Waals surface area contributed by atoms with Gasteiger partial charge in [-0.25, -0.2) is 4.98 Å². The summed E-state index contributed by atoms with van der Waals surface area (Å²) >= 11 is 2.89. The van der Waals surface area contributed by atoms with E-state index in [0.29, 0.717) is 34.1 Å². The van der Waals surface area contributed by atoms with Crippen molar-refractivity contribution in [2.24, 2.45) is 0 Å². The first-order valence-corrected chi connectivity index (χ1v) is 12.2. The molecule has 0 saturated heterocycles. The monoisotopic (exact) mass is 443 g/mol. The second-order valence-corrected chi connectivity index (χ2v) is 9.61. The van der Waals surface area contributed by atoms with Crippen LogP contribution >= 0.6 is 23.1 Å². The maximum absolute atomic E-state index is 12.7. The van der Waals surface area contributed by atoms with Crippen molar-refractivity contribution in [1.82, 2.24) is 15.3 Å². The fourth-order valence-electron chi connectivity index (χ4n) is 3.60. The van der Waals surface area contributed by atoms with Crippen LogP contribution in [0.5, 0.6) is 0 Å². The molecule has 0 aromatic carbocycles. The van der Waals surface area contributed by atoms with Crippen LogP contribution in [-0.2, 0) is 4.79 Å². The van der Waals surface area contributed by atoms with E-state index in [2.05, 4.69) is 21.4 Å². The molecule has 1 aliphatic rings. The van der Waals surface area contributed by atoms with Crippen molar-refractivity contribution in [2.45, 2.75) is 44.3 Å². The first kappa shape index (κ1) is 20.9. The molecule has 158 valence electrons. The number of aromatic amines is 1. The van der Waals surface area contributed by atoms with E-state index < -0.39 is 0 Å². The molecule has 3 heterocycles. The van der Waals surface area contributed by atoms with Gasteiger partial charge < -0.3 is 14.7 Å². The normalized spacial score (nSPS) is 15.2. The fraction of sp³-hybridized carbons (Fsp3) is 0.409. The summed E-state index contributed by atoms with van der Waals surface area (Å²) in [6.07, 6.45) is 9.70. The topological polar surface area (TPSA) is 88.0 Å². The summed E-state index contributed by atoms with van der Waals surface area (Å²) in [6, 6.07) is 3.63. The molecule has 30 heavy (non-hydrogen) atoms. The lowest BCUT2D eigenvalue weighted by Gasteiger charge is -2.13. The van der Waals surface area contributed by atoms with Gasteiger partial charge in [0.05, 0.1) is 22.7 Å². The molecule has 3 aromatic rings. The Hall–Kier alpha value is -2.32. The molecule has 1 amide bonds. The predicted octanol–water partition coefficient (Wildman–Crippen LogP) is 5.05. The van der Waals surface area contributed by atoms with Gasteiger partial charge in [0, 0.05) is 17.5 Å². The Kier molecular flexibility index (Phi) is 6.74. The smallest absolute Gasteiger partial charge is 0.260 e. The molecule has 6 nitrogen and oxygen atoms in total. The highest BCUT2D eigenvalue weighted by atomic mass is 32.2. The number of allylic oxidation sites excluding steroid dienone is 1. The molecule has 3 aromatic heterocycles. The molecular weight excluding hydrogens is 418 g/mol. The van der Waals surface area contributed by atoms with Gasteiger partial charge in [-0.3, -0.25) is 9.59 Å². The van der Waals surface area contributed by atoms with Crippen molar-refractivity contribution in [3.05, 3.63) is 51.6 Å². The molecule has 0 saturated carbocycles. The molecule has 2 N–H and O–H groups in total. The molecule has 1 aliphatic carbocycles. The van der Waals surface area contributed by atoms with Crippen molar-refractivity contribution in [3.8, 4) is 11.3 Å². The predicted molar refractivity (Wildman–Crippen MR) is 123 cm³/mol. The van der Waals surface area contributed by atoms with E-state index in [9.17, 15) is 9.59 Å². The lowest BCUT2D eigenvalue weighted by molar-refractivity contribution is -0.118. The van der Waals surface area contributed by atoms with Crippen LogP contribution in [-0.4, -0.2) is 28.2 Å². The summed E-state index contributed by atoms with van der Waals surface area (Å²) in [6.45, 7) is 2.64. The van der Waals surface area contributed by atoms with Gasteiger partial charge in [0.2, 0.25) is 5.91 Å². The van der Waals surface area contributed by atoms with Crippen LogP contribution in [0.3, 0.4) is 0 Å². The van der Waals surface area contributed by atoms with Crippen LogP contribution in [0.2, 0.25) is 0 Å². The number of hydrogen-bond acceptors (Lipinski definition) is 6. The average Bonchev–Trinajstić information content (AvgIpc) is 3.42. The zero-order valence-electron chi connectivity index (χ0n) is 16.9. The van der Waals surface area contributed by atoms with Gasteiger partial charge >= 0.3 is 0 Å². The summed E-state index contributed by atoms with van der Waals surface area (Å²) in [5.74, 6) is 1.60. The molecule has 0 radical (unpaired) electrons. The highest BCUT2D eigenvalue weighted by Crippen LogP contribution is 2.32. The number of hydrogen-bond donors (Lipinski definition) is 2. The highest BCUT2D eigenvalue weighted by molar-refractivity contribution is 8.00. The molecule has 0 spiro atoms. The van der Waals surface area contributed by atoms with E-state index in [1.54, 1.807) is 12.3 Å². The quantitative estimate of drug-likeness (QED) is 0.476. The standard InChI is InChI=1S/C22H25N3O3S2/c1-14(29-13-18(26)23-10-9-15-6-3-2-4-7-15)20-24-21(27)19-16(12-30-22(19)25-20)17-8-5-11-28-17/h5-6,8,11-12,14H,2-4,7,9-10,13H2,1H3,(H,23,26)(H,24,25,27). The van der Waals surface area contributed by atoms with E-state index >= 15 is 0 Å². The van der Waals surface area contributed by atoms with Crippen LogP contribution in [0.15, 0.2) is 44.6 Å². The second-order valence-electron chi connectivity index (χ2n) is 7.42. The maximum atomic E-state index is 12.7. The number of nitrogens with one attached hydrogen (secondary N) is 2. The van der Waals surface area contributed by atoms with E-state index in [-0.39, 0.29) is 16.7 Å². The fourth-order valence-corrected chi connectivity index (χ4v) is 5.30. The van der Waals surface area contributed by atoms with Gasteiger partial charge in [0.25, 0.3) is 5.56 Å². The molecule has 1 unspecified atom stereocenters. The van der Waals surface area contributed by atoms with Gasteiger partial charge in [-0.05, 0) is 51.2 Å². The van der Waals surface area contributed by atoms with Crippen LogP contribution in [0.1, 0.15) is 50.1 Å². The van der Waals surface area contributed by atoms with E-state index in [1.807, 2.05) is 18.4 Å². The first-order valence-electron chi connectivity index (χ1n) is 10.2. The summed E-state index contributed by atoms with van der Waals surface area (Å²) in [4.78, 5) is 33.1. The number of fused-ring (bicyclic) bond motifs is 1. The van der Waals surface area contributed by atoms with Crippen molar-refractivity contribution < 1.29 is 9.21 Å². The third-order valence-corrected chi connectivity index (χ3v) is 7.28. The van der Waals surface area contributed by atoms with Gasteiger partial charge in [-0.2, -0.15) is 0 Å². The largest absolute Gasteiger partial charge is 0.464 e. The molecule has 8 heteroatoms. The lowest BCUT2D eigenvalue weighted by Crippen LogP contribution is -2.27. The van der Waals surface area contributed by atoms with Crippen LogP contribution in [0.4, 0.5) is 0 Å². The number of rotatable bonds is 8. The first-order chi connectivity index (χ1) is 14.6. The maximum Gasteiger partial charge on any atom is 0.260 e. The summed E-state index contributed by atoms with van der Waals surface area (Å²) in [5, 5.41) is 5.34. The second kappa shape index (κ2) is 9.66. The van der Waals surface area contributed by atoms with E-state index in [4.69, 9.17) is 4.42 Å². The minimum Gasteiger partial charge on any atom is -0.464 e. The van der Waals surface area contributed by atoms with Gasteiger partial charge in [-0.1, -0.05) is 11.6 Å². The van der Waals surface area contributed by atoms with Gasteiger partial charge in [0.15, 0.2) is 0 Å². The molecule has 0 fully saturated rings. The van der Waals surface area contributed by atoms with Gasteiger partial charge in [0.1, 0.15) is 16.4 Å². The van der Waals surface area contributed by atoms with E-state index in [1.165, 1.54) is 47.9 Å². The number of thiophene rings is 1. The molecule has 1 atom stereocenters. The minimum atomic E-state index is -0.180. The Morgan fingerprint density at radius 1 is 1.43 bits per heavy atom. The number of nitrogens with zero attached hydrogens (tertiary/aromatic N) is 1. The SMILES string of the molecule is CC(SCC(=O)NCCC1=CCCCC1)c1nc2scc(-c3ccco3)c2c(=O)[nH]1. The average molecular weight is 444 g/mol. The third-order valence-electron chi connectivity index (χ3n) is 5.25. The van der Waals surface area contributed by atoms with Crippen LogP contribution in [0, 0.1) is 0 Å². The number of thioether (sulfide) groups is 1. The zero-order valence-corrected chi connectivity index (χ0v) is 18.5. The Balaban J connectivity index is 1.34. The Bertz CT molecular complexity index is 1100. The number of amides is 1. The summed E-state index contributed by atoms with van der Waals surface area (Å²) in [5.41, 5.74) is 2.04. The highest BCUT2D eigenvalue weighted by Gasteiger charge is 2.18. The van der Waals surface area contributed by atoms with Crippen molar-refractivity contribution in [2.75, 3.05) is 12.3 Å². The van der Waals surface area contributed by atoms with Gasteiger partial charge in [-0.15, -0.1) is 23.1 Å². The Morgan fingerprint density at radius 2 is 2.33 bits per heavy atom. The van der Waals surface area contributed by atoms with Crippen LogP contribution in [0.25, 0.3) is 21.5 Å². The van der Waals surface area contributed by atoms with E-state index in [0.717, 1.165) is 18.4 Å². The lowest BCUT2D eigenvalue weighted by atomic mass is 9.97. The Labute approximate surface area is 183 Å². The number of H-pyrrole nitrogens is 1. The number of carbonyl (C=O) groups is 1. The molecular formula is C22H25N3O3S2. The number of carbonyl (C=O) groups excluding carboxylic acids is 1. The molecule has 0 aliphatic heterocycles. The molecule has 4 rings (SSSR count). The van der Waals surface area contributed by atoms with Crippen molar-refractivity contribution >= 4 is 39.2 Å².